The predicted octanol–water partition coefficient (Wildman–Crippen LogP) is 0.910. The topological polar surface area (TPSA) is 41.7 Å². The largest absolute Gasteiger partial charge is 0.377 e. The molecule has 2 rings (SSSR count). The highest BCUT2D eigenvalue weighted by Crippen LogP contribution is 2.28. The maximum atomic E-state index is 6.14. The lowest BCUT2D eigenvalue weighted by Crippen LogP contribution is -2.63. The van der Waals surface area contributed by atoms with E-state index in [9.17, 15) is 0 Å². The number of ether oxygens (including phenoxy) is 1. The van der Waals surface area contributed by atoms with E-state index in [1.807, 2.05) is 0 Å². The second-order valence-corrected chi connectivity index (χ2v) is 5.94. The van der Waals surface area contributed by atoms with Gasteiger partial charge in [0.25, 0.3) is 0 Å². The van der Waals surface area contributed by atoms with Gasteiger partial charge < -0.3 is 15.4 Å². The molecular weight excluding hydrogens is 226 g/mol. The second-order valence-electron chi connectivity index (χ2n) is 5.94. The standard InChI is InChI=1S/C14H29N3O/c1-3-17(10-13-6-4-9-18-13)14(11-15)7-5-8-16(2)12-14/h13H,3-12,15H2,1-2H3. The van der Waals surface area contributed by atoms with Crippen molar-refractivity contribution in [3.8, 4) is 0 Å². The van der Waals surface area contributed by atoms with Gasteiger partial charge in [-0.25, -0.2) is 0 Å². The van der Waals surface area contributed by atoms with Crippen LogP contribution in [0.3, 0.4) is 0 Å². The Bertz CT molecular complexity index is 255. The summed E-state index contributed by atoms with van der Waals surface area (Å²) < 4.78 is 5.80. The van der Waals surface area contributed by atoms with Crippen LogP contribution in [0.4, 0.5) is 0 Å². The van der Waals surface area contributed by atoms with Gasteiger partial charge in [0.05, 0.1) is 6.10 Å². The third-order valence-electron chi connectivity index (χ3n) is 4.63. The molecular formula is C14H29N3O. The minimum atomic E-state index is 0.174. The van der Waals surface area contributed by atoms with Gasteiger partial charge >= 0.3 is 0 Å². The van der Waals surface area contributed by atoms with E-state index in [0.717, 1.165) is 32.8 Å². The number of piperidine rings is 1. The van der Waals surface area contributed by atoms with Gasteiger partial charge in [0.2, 0.25) is 0 Å². The van der Waals surface area contributed by atoms with Crippen LogP contribution in [0, 0.1) is 0 Å². The van der Waals surface area contributed by atoms with Crippen LogP contribution in [-0.4, -0.2) is 67.8 Å². The lowest BCUT2D eigenvalue weighted by atomic mass is 9.87. The molecule has 2 unspecified atom stereocenters. The van der Waals surface area contributed by atoms with Crippen molar-refractivity contribution in [2.45, 2.75) is 44.2 Å². The lowest BCUT2D eigenvalue weighted by Gasteiger charge is -2.49. The number of rotatable bonds is 5. The van der Waals surface area contributed by atoms with E-state index in [4.69, 9.17) is 10.5 Å². The highest BCUT2D eigenvalue weighted by Gasteiger charge is 2.39. The van der Waals surface area contributed by atoms with Crippen LogP contribution in [0.5, 0.6) is 0 Å². The van der Waals surface area contributed by atoms with E-state index < -0.39 is 0 Å². The van der Waals surface area contributed by atoms with Gasteiger partial charge in [0.15, 0.2) is 0 Å². The van der Waals surface area contributed by atoms with E-state index in [-0.39, 0.29) is 5.54 Å². The van der Waals surface area contributed by atoms with Crippen LogP contribution < -0.4 is 5.73 Å². The molecule has 2 fully saturated rings. The Morgan fingerprint density at radius 2 is 2.28 bits per heavy atom. The van der Waals surface area contributed by atoms with Gasteiger partial charge in [-0.15, -0.1) is 0 Å². The van der Waals surface area contributed by atoms with Gasteiger partial charge in [-0.05, 0) is 45.8 Å². The molecule has 2 N–H and O–H groups in total. The van der Waals surface area contributed by atoms with Crippen molar-refractivity contribution in [2.75, 3.05) is 46.4 Å². The van der Waals surface area contributed by atoms with Crippen molar-refractivity contribution in [3.05, 3.63) is 0 Å². The molecule has 0 aromatic carbocycles. The molecule has 2 heterocycles. The van der Waals surface area contributed by atoms with Gasteiger partial charge in [-0.2, -0.15) is 0 Å². The molecule has 0 aromatic rings. The highest BCUT2D eigenvalue weighted by atomic mass is 16.5. The second kappa shape index (κ2) is 6.33. The zero-order chi connectivity index (χ0) is 13.0. The Morgan fingerprint density at radius 3 is 2.83 bits per heavy atom. The molecule has 4 nitrogen and oxygen atoms in total. The number of hydrogen-bond acceptors (Lipinski definition) is 4. The van der Waals surface area contributed by atoms with Crippen molar-refractivity contribution < 1.29 is 4.74 Å². The number of nitrogens with two attached hydrogens (primary N) is 1. The van der Waals surface area contributed by atoms with E-state index >= 15 is 0 Å². The number of nitrogens with zero attached hydrogens (tertiary/aromatic N) is 2. The minimum absolute atomic E-state index is 0.174. The average Bonchev–Trinajstić information content (AvgIpc) is 2.88. The summed E-state index contributed by atoms with van der Waals surface area (Å²) in [6.45, 7) is 8.40. The van der Waals surface area contributed by atoms with Crippen LogP contribution in [0.25, 0.3) is 0 Å². The molecule has 106 valence electrons. The van der Waals surface area contributed by atoms with E-state index in [1.54, 1.807) is 0 Å². The van der Waals surface area contributed by atoms with Gasteiger partial charge in [-0.3, -0.25) is 4.90 Å². The predicted molar refractivity (Wildman–Crippen MR) is 74.7 cm³/mol. The highest BCUT2D eigenvalue weighted by molar-refractivity contribution is 4.97. The maximum absolute atomic E-state index is 6.14. The van der Waals surface area contributed by atoms with Crippen molar-refractivity contribution in [1.82, 2.24) is 9.80 Å². The average molecular weight is 255 g/mol. The van der Waals surface area contributed by atoms with Crippen LogP contribution in [0.1, 0.15) is 32.6 Å². The summed E-state index contributed by atoms with van der Waals surface area (Å²) in [7, 11) is 2.21. The van der Waals surface area contributed by atoms with Crippen LogP contribution in [0.2, 0.25) is 0 Å². The molecule has 0 aliphatic carbocycles. The van der Waals surface area contributed by atoms with Crippen LogP contribution in [0.15, 0.2) is 0 Å². The zero-order valence-corrected chi connectivity index (χ0v) is 12.0. The minimum Gasteiger partial charge on any atom is -0.377 e. The Labute approximate surface area is 111 Å². The molecule has 2 aliphatic rings. The third-order valence-corrected chi connectivity index (χ3v) is 4.63. The Morgan fingerprint density at radius 1 is 1.44 bits per heavy atom. The molecule has 2 saturated heterocycles. The fourth-order valence-electron chi connectivity index (χ4n) is 3.58. The molecule has 0 aromatic heterocycles. The summed E-state index contributed by atoms with van der Waals surface area (Å²) in [4.78, 5) is 5.01. The molecule has 2 aliphatic heterocycles. The molecule has 0 spiro atoms. The molecule has 0 saturated carbocycles. The zero-order valence-electron chi connectivity index (χ0n) is 12.0. The van der Waals surface area contributed by atoms with E-state index in [2.05, 4.69) is 23.8 Å². The van der Waals surface area contributed by atoms with E-state index in [1.165, 1.54) is 32.2 Å². The summed E-state index contributed by atoms with van der Waals surface area (Å²) in [6, 6.07) is 0. The fraction of sp³-hybridized carbons (Fsp3) is 1.00. The third kappa shape index (κ3) is 3.05. The summed E-state index contributed by atoms with van der Waals surface area (Å²) in [5.41, 5.74) is 6.32. The quantitative estimate of drug-likeness (QED) is 0.793. The lowest BCUT2D eigenvalue weighted by molar-refractivity contribution is -0.00919. The molecule has 4 heteroatoms. The smallest absolute Gasteiger partial charge is 0.0703 e. The van der Waals surface area contributed by atoms with Gasteiger partial charge in [-0.1, -0.05) is 6.92 Å². The molecule has 0 bridgehead atoms. The van der Waals surface area contributed by atoms with Crippen molar-refractivity contribution in [1.29, 1.82) is 0 Å². The maximum Gasteiger partial charge on any atom is 0.0703 e. The normalized spacial score (nSPS) is 34.3. The summed E-state index contributed by atoms with van der Waals surface area (Å²) in [5, 5.41) is 0. The monoisotopic (exact) mass is 255 g/mol. The van der Waals surface area contributed by atoms with Gasteiger partial charge in [0.1, 0.15) is 0 Å². The molecule has 0 amide bonds. The number of likely N-dealkylation sites (tertiary alicyclic amines) is 1. The first-order valence-corrected chi connectivity index (χ1v) is 7.45. The van der Waals surface area contributed by atoms with E-state index in [0.29, 0.717) is 6.10 Å². The summed E-state index contributed by atoms with van der Waals surface area (Å²) in [6.07, 6.45) is 5.36. The van der Waals surface area contributed by atoms with Crippen molar-refractivity contribution in [3.63, 3.8) is 0 Å². The van der Waals surface area contributed by atoms with Crippen LogP contribution >= 0.6 is 0 Å². The molecule has 2 atom stereocenters. The molecule has 0 radical (unpaired) electrons. The van der Waals surface area contributed by atoms with Gasteiger partial charge in [0, 0.05) is 31.8 Å². The summed E-state index contributed by atoms with van der Waals surface area (Å²) in [5.74, 6) is 0. The Balaban J connectivity index is 2.02. The summed E-state index contributed by atoms with van der Waals surface area (Å²) >= 11 is 0. The Kier molecular flexibility index (Phi) is 5.01. The Hall–Kier alpha value is -0.160. The SMILES string of the molecule is CCN(CC1CCCO1)C1(CN)CCCN(C)C1. The van der Waals surface area contributed by atoms with Crippen molar-refractivity contribution >= 4 is 0 Å². The molecule has 18 heavy (non-hydrogen) atoms. The first-order chi connectivity index (χ1) is 8.70. The van der Waals surface area contributed by atoms with Crippen LogP contribution in [-0.2, 0) is 4.74 Å². The first kappa shape index (κ1) is 14.3. The van der Waals surface area contributed by atoms with Crippen molar-refractivity contribution in [2.24, 2.45) is 5.73 Å². The fourth-order valence-corrected chi connectivity index (χ4v) is 3.58. The first-order valence-electron chi connectivity index (χ1n) is 7.45. The number of likely N-dealkylation sites (N-methyl/N-ethyl adjacent to an activating group) is 2. The number of hydrogen-bond donors (Lipinski definition) is 1.